The first-order valence-electron chi connectivity index (χ1n) is 8.79. The molecule has 1 amide bonds. The van der Waals surface area contributed by atoms with Gasteiger partial charge < -0.3 is 5.32 Å². The Labute approximate surface area is 166 Å². The molecule has 3 nitrogen and oxygen atoms in total. The van der Waals surface area contributed by atoms with Crippen molar-refractivity contribution >= 4 is 39.2 Å². The number of anilines is 1. The molecule has 3 aromatic carbocycles. The highest BCUT2D eigenvalue weighted by Gasteiger charge is 2.07. The van der Waals surface area contributed by atoms with Crippen LogP contribution in [0.1, 0.15) is 11.1 Å². The average Bonchev–Trinajstić information content (AvgIpc) is 3.11. The molecule has 0 saturated carbocycles. The molecule has 1 heterocycles. The molecule has 0 saturated heterocycles. The summed E-state index contributed by atoms with van der Waals surface area (Å²) in [4.78, 5) is 16.8. The van der Waals surface area contributed by atoms with Crippen LogP contribution in [0.5, 0.6) is 0 Å². The van der Waals surface area contributed by atoms with Crippen molar-refractivity contribution < 1.29 is 9.18 Å². The molecular formula is C23H17FN2OS. The molecule has 28 heavy (non-hydrogen) atoms. The number of nitrogens with zero attached hydrogens (tertiary/aromatic N) is 1. The SMILES string of the molecule is Cc1ccc2nc(-c3ccc(NC(=O)C=Cc4ccc(F)cc4)cc3)sc2c1. The molecule has 0 radical (unpaired) electrons. The molecule has 138 valence electrons. The Kier molecular flexibility index (Phi) is 5.00. The number of nitrogens with one attached hydrogen (secondary N) is 1. The number of hydrogen-bond acceptors (Lipinski definition) is 3. The lowest BCUT2D eigenvalue weighted by Crippen LogP contribution is -2.07. The van der Waals surface area contributed by atoms with Gasteiger partial charge in [0.05, 0.1) is 10.2 Å². The Balaban J connectivity index is 1.45. The molecule has 0 aliphatic carbocycles. The van der Waals surface area contributed by atoms with Crippen LogP contribution in [0.3, 0.4) is 0 Å². The number of hydrogen-bond donors (Lipinski definition) is 1. The lowest BCUT2D eigenvalue weighted by molar-refractivity contribution is -0.111. The molecule has 5 heteroatoms. The highest BCUT2D eigenvalue weighted by molar-refractivity contribution is 7.21. The number of carbonyl (C=O) groups is 1. The van der Waals surface area contributed by atoms with Crippen molar-refractivity contribution in [2.75, 3.05) is 5.32 Å². The van der Waals surface area contributed by atoms with Gasteiger partial charge in [-0.3, -0.25) is 4.79 Å². The summed E-state index contributed by atoms with van der Waals surface area (Å²) in [7, 11) is 0. The van der Waals surface area contributed by atoms with E-state index in [4.69, 9.17) is 0 Å². The maximum absolute atomic E-state index is 12.9. The fourth-order valence-electron chi connectivity index (χ4n) is 2.78. The van der Waals surface area contributed by atoms with Gasteiger partial charge in [-0.1, -0.05) is 18.2 Å². The molecule has 1 aromatic heterocycles. The predicted octanol–water partition coefficient (Wildman–Crippen LogP) is 6.06. The minimum atomic E-state index is -0.301. The van der Waals surface area contributed by atoms with E-state index < -0.39 is 0 Å². The zero-order valence-corrected chi connectivity index (χ0v) is 16.0. The van der Waals surface area contributed by atoms with Crippen LogP contribution in [0, 0.1) is 12.7 Å². The van der Waals surface area contributed by atoms with E-state index in [1.54, 1.807) is 29.5 Å². The number of halogens is 1. The summed E-state index contributed by atoms with van der Waals surface area (Å²) in [5, 5.41) is 3.77. The van der Waals surface area contributed by atoms with Crippen molar-refractivity contribution in [1.82, 2.24) is 4.98 Å². The van der Waals surface area contributed by atoms with Crippen LogP contribution >= 0.6 is 11.3 Å². The van der Waals surface area contributed by atoms with Crippen molar-refractivity contribution in [2.24, 2.45) is 0 Å². The van der Waals surface area contributed by atoms with E-state index in [-0.39, 0.29) is 11.7 Å². The molecule has 0 atom stereocenters. The zero-order valence-electron chi connectivity index (χ0n) is 15.1. The summed E-state index contributed by atoms with van der Waals surface area (Å²) in [6.45, 7) is 2.07. The second kappa shape index (κ2) is 7.74. The van der Waals surface area contributed by atoms with Gasteiger partial charge in [-0.15, -0.1) is 11.3 Å². The fraction of sp³-hybridized carbons (Fsp3) is 0.0435. The van der Waals surface area contributed by atoms with Gasteiger partial charge in [-0.05, 0) is 72.7 Å². The Morgan fingerprint density at radius 1 is 1.04 bits per heavy atom. The van der Waals surface area contributed by atoms with Crippen molar-refractivity contribution in [3.63, 3.8) is 0 Å². The molecule has 0 aliphatic rings. The van der Waals surface area contributed by atoms with Crippen LogP contribution in [0.25, 0.3) is 26.9 Å². The third kappa shape index (κ3) is 4.15. The molecule has 1 N–H and O–H groups in total. The van der Waals surface area contributed by atoms with Gasteiger partial charge in [0.25, 0.3) is 0 Å². The first-order valence-corrected chi connectivity index (χ1v) is 9.61. The van der Waals surface area contributed by atoms with Gasteiger partial charge in [0.1, 0.15) is 10.8 Å². The number of amides is 1. The van der Waals surface area contributed by atoms with Crippen LogP contribution in [0.15, 0.2) is 72.8 Å². The molecule has 4 aromatic rings. The molecule has 0 bridgehead atoms. The Bertz CT molecular complexity index is 1160. The molecule has 0 unspecified atom stereocenters. The molecule has 4 rings (SSSR count). The highest BCUT2D eigenvalue weighted by atomic mass is 32.1. The number of thiazole rings is 1. The summed E-state index contributed by atoms with van der Waals surface area (Å²) in [5.41, 5.74) is 4.69. The van der Waals surface area contributed by atoms with Gasteiger partial charge in [0.2, 0.25) is 5.91 Å². The number of aryl methyl sites for hydroxylation is 1. The minimum absolute atomic E-state index is 0.243. The van der Waals surface area contributed by atoms with Crippen molar-refractivity contribution in [3.8, 4) is 10.6 Å². The summed E-state index contributed by atoms with van der Waals surface area (Å²) in [6, 6.07) is 19.8. The Morgan fingerprint density at radius 2 is 1.79 bits per heavy atom. The van der Waals surface area contributed by atoms with Crippen LogP contribution in [-0.4, -0.2) is 10.9 Å². The lowest BCUT2D eigenvalue weighted by Gasteiger charge is -2.03. The average molecular weight is 388 g/mol. The van der Waals surface area contributed by atoms with E-state index in [2.05, 4.69) is 29.4 Å². The van der Waals surface area contributed by atoms with E-state index in [1.807, 2.05) is 30.3 Å². The van der Waals surface area contributed by atoms with Crippen LogP contribution in [0.2, 0.25) is 0 Å². The fourth-order valence-corrected chi connectivity index (χ4v) is 3.85. The Hall–Kier alpha value is -3.31. The highest BCUT2D eigenvalue weighted by Crippen LogP contribution is 2.31. The maximum Gasteiger partial charge on any atom is 0.248 e. The number of benzene rings is 3. The maximum atomic E-state index is 12.9. The first-order chi connectivity index (χ1) is 13.6. The summed E-state index contributed by atoms with van der Waals surface area (Å²) >= 11 is 1.65. The van der Waals surface area contributed by atoms with Crippen molar-refractivity contribution in [1.29, 1.82) is 0 Å². The third-order valence-electron chi connectivity index (χ3n) is 4.24. The minimum Gasteiger partial charge on any atom is -0.323 e. The number of rotatable bonds is 4. The van der Waals surface area contributed by atoms with Crippen LogP contribution < -0.4 is 5.32 Å². The van der Waals surface area contributed by atoms with Crippen molar-refractivity contribution in [3.05, 3.63) is 89.8 Å². The third-order valence-corrected chi connectivity index (χ3v) is 5.31. The molecular weight excluding hydrogens is 371 g/mol. The van der Waals surface area contributed by atoms with Crippen molar-refractivity contribution in [2.45, 2.75) is 6.92 Å². The first kappa shape index (κ1) is 18.1. The lowest BCUT2D eigenvalue weighted by atomic mass is 10.2. The predicted molar refractivity (Wildman–Crippen MR) is 114 cm³/mol. The molecule has 0 spiro atoms. The van der Waals surface area contributed by atoms with E-state index in [0.717, 1.165) is 21.7 Å². The van der Waals surface area contributed by atoms with E-state index in [9.17, 15) is 9.18 Å². The number of aromatic nitrogens is 1. The molecule has 0 fully saturated rings. The molecule has 0 aliphatic heterocycles. The van der Waals surface area contributed by atoms with Gasteiger partial charge >= 0.3 is 0 Å². The zero-order chi connectivity index (χ0) is 19.5. The standard InChI is InChI=1S/C23H17FN2OS/c1-15-2-12-20-21(14-15)28-23(26-20)17-6-10-19(11-7-17)25-22(27)13-5-16-3-8-18(24)9-4-16/h2-14H,1H3,(H,25,27). The van der Waals surface area contributed by atoms with Crippen LogP contribution in [-0.2, 0) is 4.79 Å². The number of fused-ring (bicyclic) bond motifs is 1. The van der Waals surface area contributed by atoms with E-state index >= 15 is 0 Å². The van der Waals surface area contributed by atoms with Crippen LogP contribution in [0.4, 0.5) is 10.1 Å². The van der Waals surface area contributed by atoms with Gasteiger partial charge in [0, 0.05) is 17.3 Å². The largest absolute Gasteiger partial charge is 0.323 e. The Morgan fingerprint density at radius 3 is 2.54 bits per heavy atom. The van der Waals surface area contributed by atoms with E-state index in [1.165, 1.54) is 28.5 Å². The second-order valence-corrected chi connectivity index (χ2v) is 7.47. The normalized spacial score (nSPS) is 11.2. The summed E-state index contributed by atoms with van der Waals surface area (Å²) in [5.74, 6) is -0.544. The topological polar surface area (TPSA) is 42.0 Å². The van der Waals surface area contributed by atoms with E-state index in [0.29, 0.717) is 5.69 Å². The smallest absolute Gasteiger partial charge is 0.248 e. The monoisotopic (exact) mass is 388 g/mol. The van der Waals surface area contributed by atoms with Gasteiger partial charge in [0.15, 0.2) is 0 Å². The van der Waals surface area contributed by atoms with Gasteiger partial charge in [-0.25, -0.2) is 9.37 Å². The number of carbonyl (C=O) groups excluding carboxylic acids is 1. The second-order valence-electron chi connectivity index (χ2n) is 6.44. The van der Waals surface area contributed by atoms with Gasteiger partial charge in [-0.2, -0.15) is 0 Å². The summed E-state index contributed by atoms with van der Waals surface area (Å²) in [6.07, 6.45) is 3.07. The summed E-state index contributed by atoms with van der Waals surface area (Å²) < 4.78 is 14.1. The quantitative estimate of drug-likeness (QED) is 0.432.